The van der Waals surface area contributed by atoms with Crippen molar-refractivity contribution in [2.75, 3.05) is 11.9 Å². The fourth-order valence-corrected chi connectivity index (χ4v) is 2.68. The Morgan fingerprint density at radius 3 is 3.00 bits per heavy atom. The fourth-order valence-electron chi connectivity index (χ4n) is 2.68. The minimum atomic E-state index is -1.31. The molecule has 0 spiro atoms. The summed E-state index contributed by atoms with van der Waals surface area (Å²) in [4.78, 5) is 13.0. The fraction of sp³-hybridized carbons (Fsp3) is 0.294. The van der Waals surface area contributed by atoms with Crippen molar-refractivity contribution in [3.05, 3.63) is 53.8 Å². The summed E-state index contributed by atoms with van der Waals surface area (Å²) in [6.07, 6.45) is 8.11. The third-order valence-electron chi connectivity index (χ3n) is 3.86. The number of rotatable bonds is 4. The second kappa shape index (κ2) is 5.36. The first-order valence-corrected chi connectivity index (χ1v) is 7.80. The molecule has 24 heavy (non-hydrogen) atoms. The van der Waals surface area contributed by atoms with Crippen molar-refractivity contribution in [3.63, 3.8) is 0 Å². The van der Waals surface area contributed by atoms with Crippen molar-refractivity contribution in [3.8, 4) is 0 Å². The number of hydrogen-bond donors (Lipinski definition) is 1. The molecule has 1 N–H and O–H groups in total. The molecule has 3 aromatic rings. The molecule has 4 rings (SSSR count). The van der Waals surface area contributed by atoms with Crippen LogP contribution in [0.5, 0.6) is 0 Å². The SMILES string of the molecule is CC(C)(F)CNc1ncc2c(n1)CC=C2c1ccc2nccn2n1. The zero-order chi connectivity index (χ0) is 16.7. The van der Waals surface area contributed by atoms with Crippen LogP contribution in [0.25, 0.3) is 11.2 Å². The lowest BCUT2D eigenvalue weighted by molar-refractivity contribution is 0.234. The first-order chi connectivity index (χ1) is 11.5. The van der Waals surface area contributed by atoms with Crippen molar-refractivity contribution >= 4 is 17.2 Å². The maximum atomic E-state index is 13.6. The van der Waals surface area contributed by atoms with E-state index in [4.69, 9.17) is 0 Å². The van der Waals surface area contributed by atoms with Crippen molar-refractivity contribution in [2.45, 2.75) is 25.9 Å². The maximum Gasteiger partial charge on any atom is 0.223 e. The molecule has 0 radical (unpaired) electrons. The summed E-state index contributed by atoms with van der Waals surface area (Å²) in [6.45, 7) is 3.21. The Morgan fingerprint density at radius 1 is 1.29 bits per heavy atom. The van der Waals surface area contributed by atoms with Gasteiger partial charge in [0.15, 0.2) is 5.65 Å². The molecular weight excluding hydrogens is 307 g/mol. The maximum absolute atomic E-state index is 13.6. The Hall–Kier alpha value is -2.83. The number of nitrogens with one attached hydrogen (secondary N) is 1. The number of hydrogen-bond acceptors (Lipinski definition) is 5. The molecule has 122 valence electrons. The van der Waals surface area contributed by atoms with Gasteiger partial charge < -0.3 is 5.32 Å². The molecule has 0 saturated carbocycles. The Labute approximate surface area is 138 Å². The van der Waals surface area contributed by atoms with Gasteiger partial charge in [-0.05, 0) is 26.0 Å². The van der Waals surface area contributed by atoms with Gasteiger partial charge in [-0.15, -0.1) is 0 Å². The number of imidazole rings is 1. The van der Waals surface area contributed by atoms with Gasteiger partial charge in [-0.1, -0.05) is 6.08 Å². The molecule has 7 heteroatoms. The van der Waals surface area contributed by atoms with E-state index >= 15 is 0 Å². The van der Waals surface area contributed by atoms with Crippen LogP contribution < -0.4 is 5.32 Å². The highest BCUT2D eigenvalue weighted by atomic mass is 19.1. The summed E-state index contributed by atoms with van der Waals surface area (Å²) < 4.78 is 15.3. The van der Waals surface area contributed by atoms with Crippen LogP contribution >= 0.6 is 0 Å². The first-order valence-electron chi connectivity index (χ1n) is 7.80. The number of aromatic nitrogens is 5. The van der Waals surface area contributed by atoms with Crippen LogP contribution in [0, 0.1) is 0 Å². The Bertz CT molecular complexity index is 938. The topological polar surface area (TPSA) is 68.0 Å². The molecule has 0 aromatic carbocycles. The van der Waals surface area contributed by atoms with Crippen LogP contribution in [-0.2, 0) is 6.42 Å². The number of nitrogens with zero attached hydrogens (tertiary/aromatic N) is 5. The predicted octanol–water partition coefficient (Wildman–Crippen LogP) is 2.67. The average Bonchev–Trinajstić information content (AvgIpc) is 3.17. The molecule has 0 atom stereocenters. The lowest BCUT2D eigenvalue weighted by Gasteiger charge is -2.15. The quantitative estimate of drug-likeness (QED) is 0.799. The lowest BCUT2D eigenvalue weighted by atomic mass is 10.1. The number of fused-ring (bicyclic) bond motifs is 2. The summed E-state index contributed by atoms with van der Waals surface area (Å²) in [5.74, 6) is 0.451. The highest BCUT2D eigenvalue weighted by Crippen LogP contribution is 2.30. The zero-order valence-corrected chi connectivity index (χ0v) is 13.5. The zero-order valence-electron chi connectivity index (χ0n) is 13.5. The van der Waals surface area contributed by atoms with Gasteiger partial charge in [0.2, 0.25) is 5.95 Å². The normalized spacial score (nSPS) is 13.9. The lowest BCUT2D eigenvalue weighted by Crippen LogP contribution is -2.25. The van der Waals surface area contributed by atoms with Gasteiger partial charge >= 0.3 is 0 Å². The van der Waals surface area contributed by atoms with Gasteiger partial charge in [-0.25, -0.2) is 23.9 Å². The first kappa shape index (κ1) is 14.7. The molecule has 0 bridgehead atoms. The monoisotopic (exact) mass is 324 g/mol. The molecular formula is C17H17FN6. The van der Waals surface area contributed by atoms with Gasteiger partial charge in [0.25, 0.3) is 0 Å². The van der Waals surface area contributed by atoms with Crippen LogP contribution in [0.3, 0.4) is 0 Å². The summed E-state index contributed by atoms with van der Waals surface area (Å²) in [6, 6.07) is 3.88. The van der Waals surface area contributed by atoms with Crippen molar-refractivity contribution in [1.82, 2.24) is 24.6 Å². The predicted molar refractivity (Wildman–Crippen MR) is 89.5 cm³/mol. The Balaban J connectivity index is 1.61. The smallest absolute Gasteiger partial charge is 0.223 e. The standard InChI is InChI=1S/C17H17FN6/c1-17(2,18)10-21-16-20-9-12-11(3-4-13(12)22-16)14-5-6-15-19-7-8-24(15)23-14/h3,5-9H,4,10H2,1-2H3,(H,20,21,22). The summed E-state index contributed by atoms with van der Waals surface area (Å²) in [5.41, 5.74) is 3.25. The number of halogens is 1. The molecule has 6 nitrogen and oxygen atoms in total. The largest absolute Gasteiger partial charge is 0.351 e. The Morgan fingerprint density at radius 2 is 2.17 bits per heavy atom. The second-order valence-electron chi connectivity index (χ2n) is 6.40. The second-order valence-corrected chi connectivity index (χ2v) is 6.40. The molecule has 1 aliphatic rings. The van der Waals surface area contributed by atoms with E-state index in [0.29, 0.717) is 12.4 Å². The third-order valence-corrected chi connectivity index (χ3v) is 3.86. The van der Waals surface area contributed by atoms with Crippen molar-refractivity contribution in [2.24, 2.45) is 0 Å². The van der Waals surface area contributed by atoms with E-state index in [1.807, 2.05) is 18.3 Å². The average molecular weight is 324 g/mol. The summed E-state index contributed by atoms with van der Waals surface area (Å²) in [5, 5.41) is 7.51. The van der Waals surface area contributed by atoms with Gasteiger partial charge in [-0.3, -0.25) is 0 Å². The molecule has 3 heterocycles. The van der Waals surface area contributed by atoms with Crippen LogP contribution in [0.4, 0.5) is 10.3 Å². The van der Waals surface area contributed by atoms with Gasteiger partial charge in [0.1, 0.15) is 5.67 Å². The van der Waals surface area contributed by atoms with Crippen LogP contribution in [0.2, 0.25) is 0 Å². The van der Waals surface area contributed by atoms with E-state index in [9.17, 15) is 4.39 Å². The summed E-state index contributed by atoms with van der Waals surface area (Å²) >= 11 is 0. The molecule has 0 amide bonds. The van der Waals surface area contributed by atoms with E-state index in [1.54, 1.807) is 16.9 Å². The molecule has 1 aliphatic carbocycles. The van der Waals surface area contributed by atoms with Crippen LogP contribution in [-0.4, -0.2) is 36.8 Å². The van der Waals surface area contributed by atoms with E-state index in [2.05, 4.69) is 31.4 Å². The van der Waals surface area contributed by atoms with Gasteiger partial charge in [-0.2, -0.15) is 5.10 Å². The van der Waals surface area contributed by atoms with Gasteiger partial charge in [0.05, 0.1) is 17.9 Å². The molecule has 0 aliphatic heterocycles. The van der Waals surface area contributed by atoms with E-state index in [0.717, 1.165) is 28.2 Å². The summed E-state index contributed by atoms with van der Waals surface area (Å²) in [7, 11) is 0. The van der Waals surface area contributed by atoms with Crippen LogP contribution in [0.1, 0.15) is 30.8 Å². The molecule has 0 fully saturated rings. The van der Waals surface area contributed by atoms with E-state index < -0.39 is 5.67 Å². The molecule has 0 unspecified atom stereocenters. The minimum Gasteiger partial charge on any atom is -0.351 e. The van der Waals surface area contributed by atoms with Crippen LogP contribution in [0.15, 0.2) is 36.8 Å². The van der Waals surface area contributed by atoms with E-state index in [-0.39, 0.29) is 6.54 Å². The van der Waals surface area contributed by atoms with Gasteiger partial charge in [0, 0.05) is 36.1 Å². The van der Waals surface area contributed by atoms with Crippen molar-refractivity contribution < 1.29 is 4.39 Å². The highest BCUT2D eigenvalue weighted by Gasteiger charge is 2.21. The Kier molecular flexibility index (Phi) is 3.30. The number of anilines is 1. The number of alkyl halides is 1. The molecule has 3 aromatic heterocycles. The minimum absolute atomic E-state index is 0.172. The molecule has 0 saturated heterocycles. The third kappa shape index (κ3) is 2.73. The highest BCUT2D eigenvalue weighted by molar-refractivity contribution is 5.82. The van der Waals surface area contributed by atoms with E-state index in [1.165, 1.54) is 13.8 Å². The number of allylic oxidation sites excluding steroid dienone is 1. The van der Waals surface area contributed by atoms with Crippen molar-refractivity contribution in [1.29, 1.82) is 0 Å².